The molecular formula is C18H20N3O6+. The first-order chi connectivity index (χ1) is 12.7. The van der Waals surface area contributed by atoms with Gasteiger partial charge in [-0.3, -0.25) is 25.0 Å². The number of carbonyl (C=O) groups is 2. The van der Waals surface area contributed by atoms with Crippen LogP contribution in [0.2, 0.25) is 0 Å². The zero-order valence-corrected chi connectivity index (χ0v) is 14.8. The van der Waals surface area contributed by atoms with E-state index in [9.17, 15) is 29.8 Å². The highest BCUT2D eigenvalue weighted by Gasteiger charge is 2.76. The number of hydrogen-bond acceptors (Lipinski definition) is 6. The number of likely N-dealkylation sites (tertiary alicyclic amines) is 1. The number of ketones is 2. The second-order valence-corrected chi connectivity index (χ2v) is 7.35. The summed E-state index contributed by atoms with van der Waals surface area (Å²) in [6, 6.07) is 9.13. The van der Waals surface area contributed by atoms with Crippen molar-refractivity contribution in [2.24, 2.45) is 5.92 Å². The normalized spacial score (nSPS) is 32.1. The molecule has 2 bridgehead atoms. The Morgan fingerprint density at radius 3 is 2.41 bits per heavy atom. The molecule has 0 aromatic heterocycles. The molecule has 1 saturated heterocycles. The summed E-state index contributed by atoms with van der Waals surface area (Å²) in [6.45, 7) is 1.34. The van der Waals surface area contributed by atoms with Gasteiger partial charge in [-0.2, -0.15) is 0 Å². The van der Waals surface area contributed by atoms with Gasteiger partial charge in [0.05, 0.1) is 0 Å². The fourth-order valence-corrected chi connectivity index (χ4v) is 4.48. The van der Waals surface area contributed by atoms with Crippen LogP contribution in [0.15, 0.2) is 42.5 Å². The Hall–Kier alpha value is -2.94. The summed E-state index contributed by atoms with van der Waals surface area (Å²) in [5.41, 5.74) is -3.13. The molecule has 9 heteroatoms. The summed E-state index contributed by atoms with van der Waals surface area (Å²) in [6.07, 6.45) is 1.74. The molecule has 0 amide bonds. The topological polar surface area (TPSA) is 125 Å². The molecule has 1 aromatic rings. The molecule has 0 spiro atoms. The number of nitro groups is 2. The van der Waals surface area contributed by atoms with Crippen LogP contribution < -0.4 is 4.90 Å². The number of hydrogen-bond donors (Lipinski definition) is 1. The van der Waals surface area contributed by atoms with Gasteiger partial charge in [0, 0.05) is 27.9 Å². The Labute approximate surface area is 154 Å². The van der Waals surface area contributed by atoms with Crippen molar-refractivity contribution < 1.29 is 24.3 Å². The van der Waals surface area contributed by atoms with E-state index in [4.69, 9.17) is 0 Å². The van der Waals surface area contributed by atoms with Gasteiger partial charge in [-0.05, 0) is 13.0 Å². The lowest BCUT2D eigenvalue weighted by atomic mass is 9.61. The quantitative estimate of drug-likeness (QED) is 0.545. The Morgan fingerprint density at radius 1 is 1.19 bits per heavy atom. The third-order valence-electron chi connectivity index (χ3n) is 5.64. The number of nitrogens with zero attached hydrogens (tertiary/aromatic N) is 2. The van der Waals surface area contributed by atoms with Crippen molar-refractivity contribution in [1.29, 1.82) is 0 Å². The average Bonchev–Trinajstić information content (AvgIpc) is 2.59. The summed E-state index contributed by atoms with van der Waals surface area (Å²) in [5.74, 6) is -2.49. The van der Waals surface area contributed by atoms with E-state index in [2.05, 4.69) is 0 Å². The minimum absolute atomic E-state index is 0.0216. The number of nitrogens with one attached hydrogen (secondary N) is 1. The number of rotatable bonds is 6. The van der Waals surface area contributed by atoms with E-state index in [0.29, 0.717) is 11.4 Å². The second-order valence-electron chi connectivity index (χ2n) is 7.35. The Balaban J connectivity index is 2.11. The lowest BCUT2D eigenvalue weighted by Gasteiger charge is -2.45. The molecule has 27 heavy (non-hydrogen) atoms. The molecule has 0 saturated carbocycles. The van der Waals surface area contributed by atoms with E-state index in [1.807, 2.05) is 30.3 Å². The monoisotopic (exact) mass is 374 g/mol. The van der Waals surface area contributed by atoms with E-state index in [-0.39, 0.29) is 19.5 Å². The molecule has 1 aliphatic heterocycles. The Kier molecular flexibility index (Phi) is 4.64. The van der Waals surface area contributed by atoms with Crippen LogP contribution in [-0.4, -0.2) is 45.6 Å². The van der Waals surface area contributed by atoms with Crippen molar-refractivity contribution in [2.75, 3.05) is 13.1 Å². The standard InChI is InChI=1S/C18H19N3O6/c1-13(22)9-15-17(20(24)25)8-7-16(23)18(15,21(26)27)12-19(11-17)10-14-5-3-2-4-6-14/h2-8,15H,9-12H2,1H3/p+1/t15-,17+,18-/m1/s1. The molecule has 3 rings (SSSR count). The van der Waals surface area contributed by atoms with Crippen LogP contribution in [0.1, 0.15) is 18.9 Å². The molecule has 1 aromatic carbocycles. The van der Waals surface area contributed by atoms with Gasteiger partial charge in [0.1, 0.15) is 18.2 Å². The first-order valence-electron chi connectivity index (χ1n) is 8.62. The molecule has 1 heterocycles. The van der Waals surface area contributed by atoms with Crippen molar-refractivity contribution in [3.8, 4) is 0 Å². The largest absolute Gasteiger partial charge is 0.340 e. The minimum atomic E-state index is -2.17. The molecule has 142 valence electrons. The van der Waals surface area contributed by atoms with E-state index in [1.165, 1.54) is 6.92 Å². The maximum absolute atomic E-state index is 12.6. The summed E-state index contributed by atoms with van der Waals surface area (Å²) in [4.78, 5) is 47.8. The number of carbonyl (C=O) groups excluding carboxylic acids is 2. The van der Waals surface area contributed by atoms with E-state index in [1.54, 1.807) is 0 Å². The van der Waals surface area contributed by atoms with Crippen LogP contribution in [0, 0.1) is 26.1 Å². The lowest BCUT2D eigenvalue weighted by Crippen LogP contribution is -3.18. The molecule has 1 unspecified atom stereocenters. The summed E-state index contributed by atoms with van der Waals surface area (Å²) < 4.78 is 0. The van der Waals surface area contributed by atoms with Gasteiger partial charge in [-0.15, -0.1) is 0 Å². The number of fused-ring (bicyclic) bond motifs is 2. The SMILES string of the molecule is CC(=O)C[C@@H]1[C@]2([N+](=O)[O-])C=CC(=O)[C@@]1([N+](=O)[O-])C[NH+](Cc1ccccc1)C2. The van der Waals surface area contributed by atoms with Crippen molar-refractivity contribution in [2.45, 2.75) is 31.0 Å². The van der Waals surface area contributed by atoms with Crippen LogP contribution in [0.5, 0.6) is 0 Å². The van der Waals surface area contributed by atoms with Gasteiger partial charge in [0.25, 0.3) is 5.54 Å². The van der Waals surface area contributed by atoms with Gasteiger partial charge in [0.2, 0.25) is 5.78 Å². The van der Waals surface area contributed by atoms with E-state index in [0.717, 1.165) is 17.7 Å². The van der Waals surface area contributed by atoms with E-state index >= 15 is 0 Å². The first kappa shape index (κ1) is 18.8. The summed E-state index contributed by atoms with van der Waals surface area (Å²) in [7, 11) is 0. The van der Waals surface area contributed by atoms with Crippen molar-refractivity contribution in [3.05, 3.63) is 68.3 Å². The zero-order valence-electron chi connectivity index (χ0n) is 14.8. The van der Waals surface area contributed by atoms with Crippen LogP contribution in [0.4, 0.5) is 0 Å². The van der Waals surface area contributed by atoms with Gasteiger partial charge < -0.3 is 9.69 Å². The molecule has 1 aliphatic carbocycles. The number of benzene rings is 1. The molecule has 1 fully saturated rings. The van der Waals surface area contributed by atoms with Crippen LogP contribution in [0.25, 0.3) is 0 Å². The molecule has 4 atom stereocenters. The van der Waals surface area contributed by atoms with E-state index < -0.39 is 38.4 Å². The minimum Gasteiger partial charge on any atom is -0.319 e. The average molecular weight is 374 g/mol. The van der Waals surface area contributed by atoms with Crippen LogP contribution in [0.3, 0.4) is 0 Å². The predicted molar refractivity (Wildman–Crippen MR) is 93.2 cm³/mol. The highest BCUT2D eigenvalue weighted by Crippen LogP contribution is 2.42. The third-order valence-corrected chi connectivity index (χ3v) is 5.64. The van der Waals surface area contributed by atoms with Gasteiger partial charge in [-0.25, -0.2) is 0 Å². The van der Waals surface area contributed by atoms with Crippen molar-refractivity contribution in [3.63, 3.8) is 0 Å². The highest BCUT2D eigenvalue weighted by atomic mass is 16.6. The first-order valence-corrected chi connectivity index (χ1v) is 8.62. The number of Topliss-reactive ketones (excluding diaryl/α,β-unsaturated/α-hetero) is 1. The Bertz CT molecular complexity index is 839. The third kappa shape index (κ3) is 2.93. The zero-order chi connectivity index (χ0) is 19.8. The maximum atomic E-state index is 12.6. The van der Waals surface area contributed by atoms with Gasteiger partial charge in [-0.1, -0.05) is 30.3 Å². The number of quaternary nitrogens is 1. The lowest BCUT2D eigenvalue weighted by molar-refractivity contribution is -0.955. The Morgan fingerprint density at radius 2 is 1.85 bits per heavy atom. The molecular weight excluding hydrogens is 354 g/mol. The number of piperidine rings is 1. The smallest absolute Gasteiger partial charge is 0.319 e. The predicted octanol–water partition coefficient (Wildman–Crippen LogP) is -0.150. The van der Waals surface area contributed by atoms with Crippen LogP contribution in [-0.2, 0) is 16.1 Å². The van der Waals surface area contributed by atoms with Crippen molar-refractivity contribution >= 4 is 11.6 Å². The molecule has 0 radical (unpaired) electrons. The maximum Gasteiger partial charge on any atom is 0.340 e. The molecule has 2 aliphatic rings. The second kappa shape index (κ2) is 6.66. The summed E-state index contributed by atoms with van der Waals surface area (Å²) in [5, 5.41) is 24.1. The molecule has 9 nitrogen and oxygen atoms in total. The van der Waals surface area contributed by atoms with Crippen LogP contribution >= 0.6 is 0 Å². The van der Waals surface area contributed by atoms with Crippen molar-refractivity contribution in [1.82, 2.24) is 0 Å². The van der Waals surface area contributed by atoms with Gasteiger partial charge in [0.15, 0.2) is 13.1 Å². The summed E-state index contributed by atoms with van der Waals surface area (Å²) >= 11 is 0. The molecule has 1 N–H and O–H groups in total. The fourth-order valence-electron chi connectivity index (χ4n) is 4.48. The van der Waals surface area contributed by atoms with Gasteiger partial charge >= 0.3 is 5.54 Å². The highest BCUT2D eigenvalue weighted by molar-refractivity contribution is 5.99. The fraction of sp³-hybridized carbons (Fsp3) is 0.444.